The van der Waals surface area contributed by atoms with Crippen LogP contribution in [0.15, 0.2) is 29.9 Å². The first kappa shape index (κ1) is 10.2. The normalized spacial score (nSPS) is 15.4. The van der Waals surface area contributed by atoms with Gasteiger partial charge >= 0.3 is 0 Å². The molecule has 1 nitrogen and oxygen atoms in total. The van der Waals surface area contributed by atoms with Crippen molar-refractivity contribution in [3.05, 3.63) is 24.9 Å². The SMILES string of the molecule is C=C/C(=N/C=C\C)C(C)CC. The van der Waals surface area contributed by atoms with Gasteiger partial charge in [0.1, 0.15) is 0 Å². The van der Waals surface area contributed by atoms with Crippen LogP contribution >= 0.6 is 0 Å². The molecule has 0 fully saturated rings. The predicted octanol–water partition coefficient (Wildman–Crippen LogP) is 3.19. The molecule has 0 spiro atoms. The summed E-state index contributed by atoms with van der Waals surface area (Å²) >= 11 is 0. The molecule has 0 aromatic heterocycles. The molecule has 0 amide bonds. The highest BCUT2D eigenvalue weighted by molar-refractivity contribution is 5.96. The fraction of sp³-hybridized carbons (Fsp3) is 0.500. The number of aliphatic imine (C=N–C) groups is 1. The molecule has 1 heteroatoms. The van der Waals surface area contributed by atoms with Crippen LogP contribution < -0.4 is 0 Å². The first-order chi connectivity index (χ1) is 5.26. The molecule has 0 radical (unpaired) electrons. The number of nitrogens with zero attached hydrogens (tertiary/aromatic N) is 1. The Morgan fingerprint density at radius 3 is 2.64 bits per heavy atom. The van der Waals surface area contributed by atoms with Crippen LogP contribution in [-0.4, -0.2) is 5.71 Å². The Labute approximate surface area is 69.5 Å². The Morgan fingerprint density at radius 1 is 1.64 bits per heavy atom. The van der Waals surface area contributed by atoms with Crippen molar-refractivity contribution < 1.29 is 0 Å². The highest BCUT2D eigenvalue weighted by Crippen LogP contribution is 2.04. The van der Waals surface area contributed by atoms with Gasteiger partial charge in [0.05, 0.1) is 0 Å². The molecule has 0 aliphatic carbocycles. The number of hydrogen-bond acceptors (Lipinski definition) is 1. The Balaban J connectivity index is 4.25. The lowest BCUT2D eigenvalue weighted by molar-refractivity contribution is 0.742. The fourth-order valence-corrected chi connectivity index (χ4v) is 0.751. The maximum absolute atomic E-state index is 4.25. The van der Waals surface area contributed by atoms with Crippen molar-refractivity contribution in [3.8, 4) is 0 Å². The van der Waals surface area contributed by atoms with Crippen molar-refractivity contribution in [2.24, 2.45) is 10.9 Å². The van der Waals surface area contributed by atoms with Crippen LogP contribution in [0.2, 0.25) is 0 Å². The Hall–Kier alpha value is -0.850. The van der Waals surface area contributed by atoms with Crippen molar-refractivity contribution in [1.29, 1.82) is 0 Å². The second kappa shape index (κ2) is 5.90. The molecule has 0 rings (SSSR count). The van der Waals surface area contributed by atoms with Gasteiger partial charge in [-0.05, 0) is 25.3 Å². The lowest BCUT2D eigenvalue weighted by Crippen LogP contribution is -2.05. The summed E-state index contributed by atoms with van der Waals surface area (Å²) in [5.74, 6) is 0.517. The van der Waals surface area contributed by atoms with E-state index in [1.165, 1.54) is 0 Å². The van der Waals surface area contributed by atoms with Gasteiger partial charge in [-0.25, -0.2) is 0 Å². The van der Waals surface area contributed by atoms with Gasteiger partial charge in [0.2, 0.25) is 0 Å². The minimum absolute atomic E-state index is 0.517. The first-order valence-corrected chi connectivity index (χ1v) is 4.07. The summed E-state index contributed by atoms with van der Waals surface area (Å²) < 4.78 is 0. The van der Waals surface area contributed by atoms with Gasteiger partial charge in [0.15, 0.2) is 0 Å². The summed E-state index contributed by atoms with van der Waals surface area (Å²) in [6.45, 7) is 9.99. The number of hydrogen-bond donors (Lipinski definition) is 0. The molecule has 0 saturated heterocycles. The maximum atomic E-state index is 4.25. The molecule has 0 aliphatic heterocycles. The smallest absolute Gasteiger partial charge is 0.0425 e. The molecule has 0 aromatic rings. The first-order valence-electron chi connectivity index (χ1n) is 4.07. The summed E-state index contributed by atoms with van der Waals surface area (Å²) in [6.07, 6.45) is 6.67. The molecule has 0 saturated carbocycles. The lowest BCUT2D eigenvalue weighted by atomic mass is 10.0. The van der Waals surface area contributed by atoms with E-state index in [1.807, 2.05) is 25.3 Å². The average molecular weight is 151 g/mol. The van der Waals surface area contributed by atoms with E-state index in [1.54, 1.807) is 0 Å². The van der Waals surface area contributed by atoms with Crippen molar-refractivity contribution >= 4 is 5.71 Å². The number of allylic oxidation sites excluding steroid dienone is 2. The second-order valence-electron chi connectivity index (χ2n) is 2.55. The molecular formula is C10H17N. The Morgan fingerprint density at radius 2 is 2.27 bits per heavy atom. The zero-order valence-electron chi connectivity index (χ0n) is 7.67. The molecule has 0 heterocycles. The number of rotatable bonds is 4. The van der Waals surface area contributed by atoms with Gasteiger partial charge in [0.25, 0.3) is 0 Å². The van der Waals surface area contributed by atoms with E-state index < -0.39 is 0 Å². The summed E-state index contributed by atoms with van der Waals surface area (Å²) in [7, 11) is 0. The lowest BCUT2D eigenvalue weighted by Gasteiger charge is -2.06. The van der Waals surface area contributed by atoms with E-state index in [-0.39, 0.29) is 0 Å². The van der Waals surface area contributed by atoms with Crippen LogP contribution in [-0.2, 0) is 0 Å². The zero-order valence-corrected chi connectivity index (χ0v) is 7.67. The highest BCUT2D eigenvalue weighted by atomic mass is 14.7. The van der Waals surface area contributed by atoms with Crippen molar-refractivity contribution in [2.75, 3.05) is 0 Å². The maximum Gasteiger partial charge on any atom is 0.0425 e. The highest BCUT2D eigenvalue weighted by Gasteiger charge is 2.01. The minimum atomic E-state index is 0.517. The third kappa shape index (κ3) is 3.76. The summed E-state index contributed by atoms with van der Waals surface area (Å²) in [5.41, 5.74) is 1.07. The standard InChI is InChI=1S/C10H17N/c1-5-8-11-10(7-3)9(4)6-2/h5,7-9H,3,6H2,1-2,4H3/b8-5-,11-10-. The van der Waals surface area contributed by atoms with Crippen LogP contribution in [0, 0.1) is 5.92 Å². The van der Waals surface area contributed by atoms with E-state index in [2.05, 4.69) is 25.4 Å². The van der Waals surface area contributed by atoms with E-state index in [4.69, 9.17) is 0 Å². The third-order valence-corrected chi connectivity index (χ3v) is 1.70. The van der Waals surface area contributed by atoms with Crippen molar-refractivity contribution in [1.82, 2.24) is 0 Å². The van der Waals surface area contributed by atoms with Crippen molar-refractivity contribution in [2.45, 2.75) is 27.2 Å². The third-order valence-electron chi connectivity index (χ3n) is 1.70. The molecule has 0 N–H and O–H groups in total. The molecular weight excluding hydrogens is 134 g/mol. The van der Waals surface area contributed by atoms with Gasteiger partial charge in [-0.1, -0.05) is 26.5 Å². The fourth-order valence-electron chi connectivity index (χ4n) is 0.751. The van der Waals surface area contributed by atoms with Gasteiger partial charge < -0.3 is 0 Å². The second-order valence-corrected chi connectivity index (χ2v) is 2.55. The van der Waals surface area contributed by atoms with Crippen LogP contribution in [0.25, 0.3) is 0 Å². The Bertz CT molecular complexity index is 166. The molecule has 11 heavy (non-hydrogen) atoms. The van der Waals surface area contributed by atoms with Crippen LogP contribution in [0.5, 0.6) is 0 Å². The quantitative estimate of drug-likeness (QED) is 0.547. The molecule has 62 valence electrons. The van der Waals surface area contributed by atoms with E-state index in [9.17, 15) is 0 Å². The topological polar surface area (TPSA) is 12.4 Å². The summed E-state index contributed by atoms with van der Waals surface area (Å²) in [4.78, 5) is 4.25. The van der Waals surface area contributed by atoms with E-state index in [0.717, 1.165) is 12.1 Å². The van der Waals surface area contributed by atoms with Gasteiger partial charge in [-0.3, -0.25) is 4.99 Å². The monoisotopic (exact) mass is 151 g/mol. The summed E-state index contributed by atoms with van der Waals surface area (Å²) in [5, 5.41) is 0. The molecule has 0 bridgehead atoms. The molecule has 1 unspecified atom stereocenters. The van der Waals surface area contributed by atoms with Gasteiger partial charge in [-0.15, -0.1) is 0 Å². The Kier molecular flexibility index (Phi) is 5.44. The van der Waals surface area contributed by atoms with E-state index in [0.29, 0.717) is 5.92 Å². The minimum Gasteiger partial charge on any atom is -0.261 e. The van der Waals surface area contributed by atoms with Crippen LogP contribution in [0.4, 0.5) is 0 Å². The zero-order chi connectivity index (χ0) is 8.69. The van der Waals surface area contributed by atoms with Gasteiger partial charge in [-0.2, -0.15) is 0 Å². The average Bonchev–Trinajstić information content (AvgIpc) is 2.05. The largest absolute Gasteiger partial charge is 0.261 e. The molecule has 0 aromatic carbocycles. The van der Waals surface area contributed by atoms with Crippen molar-refractivity contribution in [3.63, 3.8) is 0 Å². The predicted molar refractivity (Wildman–Crippen MR) is 51.9 cm³/mol. The van der Waals surface area contributed by atoms with E-state index >= 15 is 0 Å². The van der Waals surface area contributed by atoms with Gasteiger partial charge in [0, 0.05) is 11.9 Å². The molecule has 0 aliphatic rings. The summed E-state index contributed by atoms with van der Waals surface area (Å²) in [6, 6.07) is 0. The van der Waals surface area contributed by atoms with Crippen LogP contribution in [0.3, 0.4) is 0 Å². The van der Waals surface area contributed by atoms with Crippen LogP contribution in [0.1, 0.15) is 27.2 Å². The molecule has 1 atom stereocenters.